The van der Waals surface area contributed by atoms with Crippen molar-refractivity contribution in [3.8, 4) is 0 Å². The molecule has 1 amide bonds. The summed E-state index contributed by atoms with van der Waals surface area (Å²) in [6.45, 7) is 7.83. The third-order valence-corrected chi connectivity index (χ3v) is 7.52. The molecule has 0 bridgehead atoms. The second kappa shape index (κ2) is 8.60. The highest BCUT2D eigenvalue weighted by Gasteiger charge is 2.29. The summed E-state index contributed by atoms with van der Waals surface area (Å²) < 4.78 is 26.9. The highest BCUT2D eigenvalue weighted by Crippen LogP contribution is 2.22. The number of carbonyl (C=O) groups excluding carboxylic acids is 2. The maximum absolute atomic E-state index is 12.5. The van der Waals surface area contributed by atoms with Gasteiger partial charge in [-0.15, -0.1) is 11.3 Å². The average molecular weight is 402 g/mol. The summed E-state index contributed by atoms with van der Waals surface area (Å²) in [5.41, 5.74) is -0.545. The third-order valence-electron chi connectivity index (χ3n) is 4.24. The summed E-state index contributed by atoms with van der Waals surface area (Å²) in [5, 5.41) is 4.65. The van der Waals surface area contributed by atoms with Crippen molar-refractivity contribution in [2.75, 3.05) is 32.7 Å². The first-order valence-corrected chi connectivity index (χ1v) is 11.0. The molecule has 0 aliphatic carbocycles. The zero-order valence-corrected chi connectivity index (χ0v) is 17.2. The predicted octanol–water partition coefficient (Wildman–Crippen LogP) is 1.32. The van der Waals surface area contributed by atoms with Gasteiger partial charge in [0.15, 0.2) is 0 Å². The van der Waals surface area contributed by atoms with Crippen molar-refractivity contribution in [1.29, 1.82) is 0 Å². The van der Waals surface area contributed by atoms with Gasteiger partial charge < -0.3 is 10.2 Å². The highest BCUT2D eigenvalue weighted by atomic mass is 32.2. The fraction of sp³-hybridized carbons (Fsp3) is 0.647. The van der Waals surface area contributed by atoms with Gasteiger partial charge in [-0.05, 0) is 32.2 Å². The van der Waals surface area contributed by atoms with Crippen LogP contribution < -0.4 is 5.32 Å². The summed E-state index contributed by atoms with van der Waals surface area (Å²) in [5.74, 6) is -0.0525. The standard InChI is InChI=1S/C17H27N3O4S2/c1-14(21)13-17(2,3)18-15(22)6-7-19-8-10-20(11-9-19)26(23,24)16-5-4-12-25-16/h4-5,12H,6-11,13H2,1-3H3,(H,18,22). The molecule has 1 N–H and O–H groups in total. The molecular weight excluding hydrogens is 374 g/mol. The van der Waals surface area contributed by atoms with Crippen LogP contribution >= 0.6 is 11.3 Å². The average Bonchev–Trinajstić information content (AvgIpc) is 3.06. The first-order valence-electron chi connectivity index (χ1n) is 8.67. The molecule has 7 nitrogen and oxygen atoms in total. The largest absolute Gasteiger partial charge is 0.351 e. The van der Waals surface area contributed by atoms with Crippen molar-refractivity contribution in [3.05, 3.63) is 17.5 Å². The summed E-state index contributed by atoms with van der Waals surface area (Å²) >= 11 is 1.23. The SMILES string of the molecule is CC(=O)CC(C)(C)NC(=O)CCN1CCN(S(=O)(=O)c2cccs2)CC1. The minimum Gasteiger partial charge on any atom is -0.351 e. The summed E-state index contributed by atoms with van der Waals surface area (Å²) in [4.78, 5) is 25.4. The number of Topliss-reactive ketones (excluding diaryl/α,β-unsaturated/α-hetero) is 1. The Labute approximate surface area is 159 Å². The molecule has 0 aromatic carbocycles. The number of carbonyl (C=O) groups is 2. The maximum atomic E-state index is 12.5. The van der Waals surface area contributed by atoms with E-state index in [0.717, 1.165) is 0 Å². The number of nitrogens with zero attached hydrogens (tertiary/aromatic N) is 2. The lowest BCUT2D eigenvalue weighted by Crippen LogP contribution is -2.50. The lowest BCUT2D eigenvalue weighted by Gasteiger charge is -2.33. The zero-order valence-electron chi connectivity index (χ0n) is 15.5. The van der Waals surface area contributed by atoms with Crippen molar-refractivity contribution in [2.45, 2.75) is 43.4 Å². The number of hydrogen-bond acceptors (Lipinski definition) is 6. The fourth-order valence-electron chi connectivity index (χ4n) is 3.10. The Kier molecular flexibility index (Phi) is 6.95. The zero-order chi connectivity index (χ0) is 19.4. The molecule has 1 saturated heterocycles. The van der Waals surface area contributed by atoms with Crippen LogP contribution in [0.1, 0.15) is 33.6 Å². The Balaban J connectivity index is 1.77. The van der Waals surface area contributed by atoms with Gasteiger partial charge in [0.25, 0.3) is 10.0 Å². The van der Waals surface area contributed by atoms with Crippen LogP contribution in [0.2, 0.25) is 0 Å². The first kappa shape index (κ1) is 21.0. The molecule has 0 saturated carbocycles. The van der Waals surface area contributed by atoms with E-state index in [1.807, 2.05) is 13.8 Å². The quantitative estimate of drug-likeness (QED) is 0.710. The molecule has 0 unspecified atom stereocenters. The number of rotatable bonds is 8. The van der Waals surface area contributed by atoms with Crippen LogP contribution in [-0.4, -0.2) is 67.6 Å². The van der Waals surface area contributed by atoms with Crippen LogP contribution in [0.25, 0.3) is 0 Å². The van der Waals surface area contributed by atoms with E-state index in [1.54, 1.807) is 17.5 Å². The van der Waals surface area contributed by atoms with Gasteiger partial charge in [0, 0.05) is 51.1 Å². The van der Waals surface area contributed by atoms with Crippen molar-refractivity contribution in [3.63, 3.8) is 0 Å². The number of hydrogen-bond donors (Lipinski definition) is 1. The van der Waals surface area contributed by atoms with Crippen LogP contribution in [0.3, 0.4) is 0 Å². The van der Waals surface area contributed by atoms with E-state index in [9.17, 15) is 18.0 Å². The molecule has 1 aliphatic heterocycles. The molecule has 0 atom stereocenters. The number of thiophene rings is 1. The number of ketones is 1. The van der Waals surface area contributed by atoms with Crippen molar-refractivity contribution >= 4 is 33.1 Å². The van der Waals surface area contributed by atoms with Crippen LogP contribution in [0, 0.1) is 0 Å². The maximum Gasteiger partial charge on any atom is 0.252 e. The second-order valence-electron chi connectivity index (χ2n) is 7.24. The number of nitrogens with one attached hydrogen (secondary N) is 1. The molecule has 2 heterocycles. The minimum absolute atomic E-state index is 0.0402. The van der Waals surface area contributed by atoms with Gasteiger partial charge in [-0.3, -0.25) is 9.59 Å². The molecule has 2 rings (SSSR count). The lowest BCUT2D eigenvalue weighted by atomic mass is 9.98. The van der Waals surface area contributed by atoms with Gasteiger partial charge in [0.1, 0.15) is 9.99 Å². The monoisotopic (exact) mass is 401 g/mol. The molecule has 0 spiro atoms. The van der Waals surface area contributed by atoms with Gasteiger partial charge >= 0.3 is 0 Å². The fourth-order valence-corrected chi connectivity index (χ4v) is 5.66. The smallest absolute Gasteiger partial charge is 0.252 e. The summed E-state index contributed by atoms with van der Waals surface area (Å²) in [6.07, 6.45) is 0.636. The predicted molar refractivity (Wildman–Crippen MR) is 102 cm³/mol. The molecule has 1 fully saturated rings. The molecule has 1 aliphatic rings. The Morgan fingerprint density at radius 1 is 1.23 bits per heavy atom. The van der Waals surface area contributed by atoms with E-state index < -0.39 is 15.6 Å². The van der Waals surface area contributed by atoms with E-state index >= 15 is 0 Å². The number of amides is 1. The Bertz CT molecular complexity index is 721. The Morgan fingerprint density at radius 3 is 2.42 bits per heavy atom. The first-order chi connectivity index (χ1) is 12.1. The van der Waals surface area contributed by atoms with E-state index in [4.69, 9.17) is 0 Å². The minimum atomic E-state index is -3.40. The molecule has 0 radical (unpaired) electrons. The van der Waals surface area contributed by atoms with Gasteiger partial charge in [-0.1, -0.05) is 6.07 Å². The van der Waals surface area contributed by atoms with Gasteiger partial charge in [-0.2, -0.15) is 4.31 Å². The second-order valence-corrected chi connectivity index (χ2v) is 10.4. The highest BCUT2D eigenvalue weighted by molar-refractivity contribution is 7.91. The summed E-state index contributed by atoms with van der Waals surface area (Å²) in [6, 6.07) is 3.36. The Morgan fingerprint density at radius 2 is 1.88 bits per heavy atom. The van der Waals surface area contributed by atoms with Gasteiger partial charge in [0.2, 0.25) is 5.91 Å². The van der Waals surface area contributed by atoms with Crippen molar-refractivity contribution in [1.82, 2.24) is 14.5 Å². The van der Waals surface area contributed by atoms with Crippen LogP contribution in [0.5, 0.6) is 0 Å². The molecule has 26 heavy (non-hydrogen) atoms. The number of piperazine rings is 1. The van der Waals surface area contributed by atoms with Crippen LogP contribution in [0.4, 0.5) is 0 Å². The van der Waals surface area contributed by atoms with Gasteiger partial charge in [-0.25, -0.2) is 8.42 Å². The van der Waals surface area contributed by atoms with E-state index in [2.05, 4.69) is 10.2 Å². The van der Waals surface area contributed by atoms with Crippen LogP contribution in [0.15, 0.2) is 21.7 Å². The molecular formula is C17H27N3O4S2. The lowest BCUT2D eigenvalue weighted by molar-refractivity contribution is -0.124. The van der Waals surface area contributed by atoms with Crippen LogP contribution in [-0.2, 0) is 19.6 Å². The number of sulfonamides is 1. The van der Waals surface area contributed by atoms with Crippen molar-refractivity contribution < 1.29 is 18.0 Å². The molecule has 1 aromatic rings. The normalized spacial score (nSPS) is 17.2. The van der Waals surface area contributed by atoms with Gasteiger partial charge in [0.05, 0.1) is 0 Å². The topological polar surface area (TPSA) is 86.8 Å². The van der Waals surface area contributed by atoms with E-state index in [0.29, 0.717) is 49.8 Å². The third kappa shape index (κ3) is 5.87. The summed E-state index contributed by atoms with van der Waals surface area (Å²) in [7, 11) is -3.40. The van der Waals surface area contributed by atoms with E-state index in [1.165, 1.54) is 22.6 Å². The molecule has 9 heteroatoms. The molecule has 1 aromatic heterocycles. The molecule has 146 valence electrons. The van der Waals surface area contributed by atoms with E-state index in [-0.39, 0.29) is 11.7 Å². The Hall–Kier alpha value is -1.29. The van der Waals surface area contributed by atoms with Crippen molar-refractivity contribution in [2.24, 2.45) is 0 Å².